The van der Waals surface area contributed by atoms with E-state index >= 15 is 0 Å². The number of hydrogen-bond donors (Lipinski definition) is 2. The lowest BCUT2D eigenvalue weighted by atomic mass is 9.69. The molecule has 5 atom stereocenters. The molecule has 6 rings (SSSR count). The van der Waals surface area contributed by atoms with Gasteiger partial charge in [0.2, 0.25) is 0 Å². The van der Waals surface area contributed by atoms with Crippen molar-refractivity contribution in [3.63, 3.8) is 0 Å². The minimum absolute atomic E-state index is 0.0866. The Hall–Kier alpha value is -3.43. The summed E-state index contributed by atoms with van der Waals surface area (Å²) in [6, 6.07) is 14.6. The summed E-state index contributed by atoms with van der Waals surface area (Å²) in [6.07, 6.45) is -4.31. The number of aliphatic hydroxyl groups is 1. The summed E-state index contributed by atoms with van der Waals surface area (Å²) in [5.41, 5.74) is 4.89. The Morgan fingerprint density at radius 2 is 1.77 bits per heavy atom. The Bertz CT molecular complexity index is 1510. The number of rotatable bonds is 4. The van der Waals surface area contributed by atoms with E-state index in [-0.39, 0.29) is 17.4 Å². The number of carboxylic acid groups (broad SMARTS) is 1. The summed E-state index contributed by atoms with van der Waals surface area (Å²) in [5.74, 6) is -0.0866. The van der Waals surface area contributed by atoms with Gasteiger partial charge >= 0.3 is 12.3 Å². The molecule has 1 saturated heterocycles. The zero-order valence-electron chi connectivity index (χ0n) is 24.6. The van der Waals surface area contributed by atoms with Crippen LogP contribution in [0.25, 0.3) is 0 Å². The molecule has 3 heterocycles. The van der Waals surface area contributed by atoms with Gasteiger partial charge in [0, 0.05) is 29.4 Å². The minimum atomic E-state index is -4.45. The number of pyridine rings is 1. The van der Waals surface area contributed by atoms with Crippen molar-refractivity contribution in [1.29, 1.82) is 0 Å². The van der Waals surface area contributed by atoms with Crippen LogP contribution in [-0.2, 0) is 23.8 Å². The Balaban J connectivity index is 1.48. The normalized spacial score (nSPS) is 26.6. The van der Waals surface area contributed by atoms with Gasteiger partial charge in [-0.3, -0.25) is 4.98 Å². The quantitative estimate of drug-likeness (QED) is 0.323. The number of piperidine rings is 1. The van der Waals surface area contributed by atoms with Gasteiger partial charge in [0.05, 0.1) is 23.5 Å². The van der Waals surface area contributed by atoms with Crippen LogP contribution in [0.15, 0.2) is 54.6 Å². The molecule has 1 amide bonds. The van der Waals surface area contributed by atoms with Crippen LogP contribution < -0.4 is 0 Å². The molecule has 228 valence electrons. The number of hydrogen-bond acceptors (Lipinski definition) is 4. The van der Waals surface area contributed by atoms with Crippen LogP contribution in [0.1, 0.15) is 109 Å². The predicted octanol–water partition coefficient (Wildman–Crippen LogP) is 7.76. The van der Waals surface area contributed by atoms with Gasteiger partial charge in [-0.2, -0.15) is 13.2 Å². The van der Waals surface area contributed by atoms with Crippen LogP contribution in [0.2, 0.25) is 0 Å². The fourth-order valence-electron chi connectivity index (χ4n) is 7.46. The number of ether oxygens (including phenoxy) is 1. The molecule has 6 nitrogen and oxygen atoms in total. The molecular weight excluding hydrogens is 557 g/mol. The standard InChI is InChI=1S/C34H37F3N2O4/c1-19-30-29(31(43-19)21-9-11-23(12-10-21)34(35,36)37)27(28-25(38-30)17-33(2,3)18-26(28)40)22-13-14-39(32(41)42)24(16-22)15-20-7-5-4-6-8-20/h4-12,19,22,24,26,31,40H,13-18H2,1-3H3,(H,41,42)/t19?,22?,24?,26-,31?/m0/s1. The van der Waals surface area contributed by atoms with Crippen LogP contribution in [0.4, 0.5) is 18.0 Å². The number of fused-ring (bicyclic) bond motifs is 2. The molecule has 2 N–H and O–H groups in total. The Morgan fingerprint density at radius 1 is 1.07 bits per heavy atom. The van der Waals surface area contributed by atoms with Crippen LogP contribution in [-0.4, -0.2) is 38.8 Å². The maximum absolute atomic E-state index is 13.4. The van der Waals surface area contributed by atoms with E-state index in [1.807, 2.05) is 37.3 Å². The maximum atomic E-state index is 13.4. The lowest BCUT2D eigenvalue weighted by molar-refractivity contribution is -0.137. The van der Waals surface area contributed by atoms with E-state index in [1.165, 1.54) is 17.0 Å². The number of benzene rings is 2. The number of alkyl halides is 3. The lowest BCUT2D eigenvalue weighted by Gasteiger charge is -2.42. The maximum Gasteiger partial charge on any atom is 0.416 e. The first-order valence-electron chi connectivity index (χ1n) is 14.9. The van der Waals surface area contributed by atoms with E-state index < -0.39 is 36.1 Å². The highest BCUT2D eigenvalue weighted by molar-refractivity contribution is 5.66. The third-order valence-electron chi connectivity index (χ3n) is 9.36. The smallest absolute Gasteiger partial charge is 0.416 e. The fourth-order valence-corrected chi connectivity index (χ4v) is 7.46. The average molecular weight is 595 g/mol. The van der Waals surface area contributed by atoms with Crippen molar-refractivity contribution in [2.45, 2.75) is 89.3 Å². The number of amides is 1. The molecule has 0 spiro atoms. The summed E-state index contributed by atoms with van der Waals surface area (Å²) in [7, 11) is 0. The first kappa shape index (κ1) is 29.6. The Kier molecular flexibility index (Phi) is 7.53. The monoisotopic (exact) mass is 594 g/mol. The summed E-state index contributed by atoms with van der Waals surface area (Å²) in [4.78, 5) is 18.9. The molecular formula is C34H37F3N2O4. The van der Waals surface area contributed by atoms with E-state index in [0.29, 0.717) is 44.2 Å². The zero-order valence-corrected chi connectivity index (χ0v) is 24.6. The second-order valence-corrected chi connectivity index (χ2v) is 13.1. The van der Waals surface area contributed by atoms with Crippen molar-refractivity contribution in [2.75, 3.05) is 6.54 Å². The van der Waals surface area contributed by atoms with Crippen LogP contribution in [0.5, 0.6) is 0 Å². The molecule has 3 aliphatic rings. The summed E-state index contributed by atoms with van der Waals surface area (Å²) >= 11 is 0. The highest BCUT2D eigenvalue weighted by atomic mass is 19.4. The van der Waals surface area contributed by atoms with Crippen LogP contribution in [0, 0.1) is 5.41 Å². The molecule has 1 fully saturated rings. The van der Waals surface area contributed by atoms with Gasteiger partial charge in [-0.05, 0) is 79.2 Å². The van der Waals surface area contributed by atoms with Gasteiger partial charge in [-0.25, -0.2) is 4.79 Å². The number of carbonyl (C=O) groups is 1. The average Bonchev–Trinajstić information content (AvgIpc) is 3.27. The van der Waals surface area contributed by atoms with Gasteiger partial charge in [0.1, 0.15) is 6.10 Å². The van der Waals surface area contributed by atoms with E-state index in [9.17, 15) is 28.2 Å². The Morgan fingerprint density at radius 3 is 2.42 bits per heavy atom. The second kappa shape index (κ2) is 10.9. The number of aromatic nitrogens is 1. The van der Waals surface area contributed by atoms with Crippen LogP contribution in [0.3, 0.4) is 0 Å². The summed E-state index contributed by atoms with van der Waals surface area (Å²) in [6.45, 7) is 6.47. The van der Waals surface area contributed by atoms with Crippen molar-refractivity contribution >= 4 is 6.09 Å². The second-order valence-electron chi connectivity index (χ2n) is 13.1. The molecule has 3 aromatic rings. The van der Waals surface area contributed by atoms with E-state index in [4.69, 9.17) is 9.72 Å². The first-order chi connectivity index (χ1) is 20.3. The van der Waals surface area contributed by atoms with Gasteiger partial charge in [0.15, 0.2) is 0 Å². The zero-order chi connectivity index (χ0) is 30.7. The number of likely N-dealkylation sites (tertiary alicyclic amines) is 1. The molecule has 2 aromatic carbocycles. The van der Waals surface area contributed by atoms with E-state index in [2.05, 4.69) is 13.8 Å². The molecule has 2 aliphatic heterocycles. The van der Waals surface area contributed by atoms with Crippen molar-refractivity contribution in [3.8, 4) is 0 Å². The van der Waals surface area contributed by atoms with Gasteiger partial charge in [-0.15, -0.1) is 0 Å². The highest BCUT2D eigenvalue weighted by Crippen LogP contribution is 2.53. The van der Waals surface area contributed by atoms with E-state index in [1.54, 1.807) is 0 Å². The van der Waals surface area contributed by atoms with Crippen molar-refractivity contribution in [3.05, 3.63) is 99.4 Å². The SMILES string of the molecule is CC1OC(c2ccc(C(F)(F)F)cc2)c2c1nc1c(c2C2CCN(C(=O)O)C(Cc3ccccc3)C2)[C@@H](O)CC(C)(C)C1. The molecule has 4 unspecified atom stereocenters. The third kappa shape index (κ3) is 5.65. The molecule has 43 heavy (non-hydrogen) atoms. The minimum Gasteiger partial charge on any atom is -0.465 e. The fraction of sp³-hybridized carbons (Fsp3) is 0.471. The molecule has 0 radical (unpaired) electrons. The predicted molar refractivity (Wildman–Crippen MR) is 155 cm³/mol. The van der Waals surface area contributed by atoms with Crippen molar-refractivity contribution in [2.24, 2.45) is 5.41 Å². The summed E-state index contributed by atoms with van der Waals surface area (Å²) < 4.78 is 46.5. The lowest BCUT2D eigenvalue weighted by Crippen LogP contribution is -2.46. The molecule has 0 bridgehead atoms. The van der Waals surface area contributed by atoms with Gasteiger partial charge in [0.25, 0.3) is 0 Å². The molecule has 1 aromatic heterocycles. The third-order valence-corrected chi connectivity index (χ3v) is 9.36. The van der Waals surface area contributed by atoms with Crippen molar-refractivity contribution < 1.29 is 32.9 Å². The number of aliphatic hydroxyl groups excluding tert-OH is 1. The topological polar surface area (TPSA) is 82.9 Å². The first-order valence-corrected chi connectivity index (χ1v) is 14.9. The highest BCUT2D eigenvalue weighted by Gasteiger charge is 2.45. The Labute approximate surface area is 249 Å². The van der Waals surface area contributed by atoms with Crippen molar-refractivity contribution in [1.82, 2.24) is 9.88 Å². The molecule has 1 aliphatic carbocycles. The largest absolute Gasteiger partial charge is 0.465 e. The van der Waals surface area contributed by atoms with Crippen LogP contribution >= 0.6 is 0 Å². The molecule has 9 heteroatoms. The van der Waals surface area contributed by atoms with E-state index in [0.717, 1.165) is 45.8 Å². The molecule has 0 saturated carbocycles. The number of halogens is 3. The van der Waals surface area contributed by atoms with Gasteiger partial charge < -0.3 is 19.8 Å². The van der Waals surface area contributed by atoms with Gasteiger partial charge in [-0.1, -0.05) is 56.3 Å². The number of nitrogens with zero attached hydrogens (tertiary/aromatic N) is 2. The summed E-state index contributed by atoms with van der Waals surface area (Å²) in [5, 5.41) is 21.7.